The number of ether oxygens (including phenoxy) is 2. The summed E-state index contributed by atoms with van der Waals surface area (Å²) in [6.07, 6.45) is 2.37. The molecular weight excluding hydrogens is 320 g/mol. The van der Waals surface area contributed by atoms with Crippen LogP contribution in [0, 0.1) is 0 Å². The molecule has 0 aliphatic carbocycles. The number of amides is 2. The fraction of sp³-hybridized carbons (Fsp3) is 0.579. The van der Waals surface area contributed by atoms with Crippen LogP contribution in [-0.4, -0.2) is 54.8 Å². The summed E-state index contributed by atoms with van der Waals surface area (Å²) in [6, 6.07) is 7.39. The second-order valence-electron chi connectivity index (χ2n) is 6.90. The van der Waals surface area contributed by atoms with E-state index >= 15 is 0 Å². The maximum Gasteiger partial charge on any atom is 0.246 e. The summed E-state index contributed by atoms with van der Waals surface area (Å²) < 4.78 is 11.5. The van der Waals surface area contributed by atoms with Gasteiger partial charge in [0.15, 0.2) is 5.79 Å². The standard InChI is InChI=1S/C19H24N2O4/c1-2-17(22)21-15-6-4-3-5-14(15)13-16(21)18(23)20-9-7-19(8-10-20)24-11-12-25-19/h3-6,16H,2,7-13H2,1H3/t16-/m0/s1. The average Bonchev–Trinajstić information content (AvgIpc) is 3.26. The van der Waals surface area contributed by atoms with Crippen LogP contribution in [0.3, 0.4) is 0 Å². The predicted octanol–water partition coefficient (Wildman–Crippen LogP) is 1.72. The van der Waals surface area contributed by atoms with Gasteiger partial charge >= 0.3 is 0 Å². The van der Waals surface area contributed by atoms with E-state index in [0.717, 1.165) is 11.3 Å². The highest BCUT2D eigenvalue weighted by Gasteiger charge is 2.44. The minimum Gasteiger partial charge on any atom is -0.347 e. The largest absolute Gasteiger partial charge is 0.347 e. The molecule has 1 aromatic rings. The molecule has 0 saturated carbocycles. The SMILES string of the molecule is CCC(=O)N1c2ccccc2C[C@H]1C(=O)N1CCC2(CC1)OCCO2. The molecule has 2 fully saturated rings. The van der Waals surface area contributed by atoms with Gasteiger partial charge in [-0.15, -0.1) is 0 Å². The second-order valence-corrected chi connectivity index (χ2v) is 6.90. The first-order valence-corrected chi connectivity index (χ1v) is 9.10. The van der Waals surface area contributed by atoms with E-state index in [4.69, 9.17) is 9.47 Å². The van der Waals surface area contributed by atoms with Gasteiger partial charge in [-0.25, -0.2) is 0 Å². The van der Waals surface area contributed by atoms with Crippen LogP contribution >= 0.6 is 0 Å². The monoisotopic (exact) mass is 344 g/mol. The van der Waals surface area contributed by atoms with Crippen molar-refractivity contribution in [2.24, 2.45) is 0 Å². The Hall–Kier alpha value is -1.92. The number of anilines is 1. The molecule has 25 heavy (non-hydrogen) atoms. The van der Waals surface area contributed by atoms with Gasteiger partial charge in [-0.2, -0.15) is 0 Å². The van der Waals surface area contributed by atoms with Crippen molar-refractivity contribution in [3.05, 3.63) is 29.8 Å². The van der Waals surface area contributed by atoms with Crippen LogP contribution in [0.2, 0.25) is 0 Å². The molecule has 0 aromatic heterocycles. The van der Waals surface area contributed by atoms with Gasteiger partial charge in [-0.1, -0.05) is 25.1 Å². The van der Waals surface area contributed by atoms with Crippen molar-refractivity contribution >= 4 is 17.5 Å². The summed E-state index contributed by atoms with van der Waals surface area (Å²) in [5.41, 5.74) is 1.95. The van der Waals surface area contributed by atoms with E-state index in [2.05, 4.69) is 0 Å². The molecular formula is C19H24N2O4. The number of hydrogen-bond donors (Lipinski definition) is 0. The Bertz CT molecular complexity index is 674. The van der Waals surface area contributed by atoms with E-state index in [1.807, 2.05) is 36.1 Å². The molecule has 6 nitrogen and oxygen atoms in total. The highest BCUT2D eigenvalue weighted by molar-refractivity contribution is 6.03. The van der Waals surface area contributed by atoms with Gasteiger partial charge in [0.2, 0.25) is 11.8 Å². The van der Waals surface area contributed by atoms with Crippen LogP contribution in [0.15, 0.2) is 24.3 Å². The van der Waals surface area contributed by atoms with E-state index in [1.54, 1.807) is 4.90 Å². The molecule has 4 rings (SSSR count). The minimum atomic E-state index is -0.492. The molecule has 134 valence electrons. The van der Waals surface area contributed by atoms with Crippen LogP contribution in [0.5, 0.6) is 0 Å². The Morgan fingerprint density at radius 1 is 1.16 bits per heavy atom. The van der Waals surface area contributed by atoms with Crippen LogP contribution in [0.4, 0.5) is 5.69 Å². The van der Waals surface area contributed by atoms with E-state index in [1.165, 1.54) is 0 Å². The molecule has 6 heteroatoms. The summed E-state index contributed by atoms with van der Waals surface area (Å²) in [7, 11) is 0. The van der Waals surface area contributed by atoms with E-state index in [-0.39, 0.29) is 11.8 Å². The molecule has 2 saturated heterocycles. The van der Waals surface area contributed by atoms with E-state index in [0.29, 0.717) is 52.0 Å². The highest BCUT2D eigenvalue weighted by Crippen LogP contribution is 2.35. The fourth-order valence-corrected chi connectivity index (χ4v) is 4.13. The molecule has 0 N–H and O–H groups in total. The normalized spacial score (nSPS) is 24.6. The second kappa shape index (κ2) is 6.42. The molecule has 1 aromatic carbocycles. The van der Waals surface area contributed by atoms with Crippen molar-refractivity contribution in [3.8, 4) is 0 Å². The predicted molar refractivity (Wildman–Crippen MR) is 92.2 cm³/mol. The Morgan fingerprint density at radius 3 is 2.52 bits per heavy atom. The fourth-order valence-electron chi connectivity index (χ4n) is 4.13. The third-order valence-corrected chi connectivity index (χ3v) is 5.48. The molecule has 1 spiro atoms. The number of nitrogens with zero attached hydrogens (tertiary/aromatic N) is 2. The maximum absolute atomic E-state index is 13.2. The van der Waals surface area contributed by atoms with Crippen LogP contribution in [0.1, 0.15) is 31.7 Å². The first-order valence-electron chi connectivity index (χ1n) is 9.10. The lowest BCUT2D eigenvalue weighted by molar-refractivity contribution is -0.187. The van der Waals surface area contributed by atoms with Gasteiger partial charge in [0.05, 0.1) is 13.2 Å². The van der Waals surface area contributed by atoms with Crippen LogP contribution in [0.25, 0.3) is 0 Å². The lowest BCUT2D eigenvalue weighted by atomic mass is 10.0. The topological polar surface area (TPSA) is 59.1 Å². The number of para-hydroxylation sites is 1. The minimum absolute atomic E-state index is 0.000704. The van der Waals surface area contributed by atoms with Crippen molar-refractivity contribution < 1.29 is 19.1 Å². The number of benzene rings is 1. The Balaban J connectivity index is 1.51. The molecule has 0 radical (unpaired) electrons. The average molecular weight is 344 g/mol. The van der Waals surface area contributed by atoms with Gasteiger partial charge in [0.1, 0.15) is 6.04 Å². The number of carbonyl (C=O) groups is 2. The maximum atomic E-state index is 13.2. The van der Waals surface area contributed by atoms with Crippen molar-refractivity contribution in [1.29, 1.82) is 0 Å². The smallest absolute Gasteiger partial charge is 0.246 e. The zero-order valence-corrected chi connectivity index (χ0v) is 14.6. The van der Waals surface area contributed by atoms with Crippen molar-refractivity contribution in [2.75, 3.05) is 31.2 Å². The molecule has 2 amide bonds. The Morgan fingerprint density at radius 2 is 1.84 bits per heavy atom. The summed E-state index contributed by atoms with van der Waals surface area (Å²) in [6.45, 7) is 4.32. The van der Waals surface area contributed by atoms with Crippen molar-refractivity contribution in [3.63, 3.8) is 0 Å². The molecule has 3 aliphatic rings. The van der Waals surface area contributed by atoms with Gasteiger partial charge in [-0.05, 0) is 11.6 Å². The zero-order valence-electron chi connectivity index (χ0n) is 14.6. The first kappa shape index (κ1) is 16.5. The van der Waals surface area contributed by atoms with Crippen molar-refractivity contribution in [1.82, 2.24) is 4.90 Å². The molecule has 0 bridgehead atoms. The third-order valence-electron chi connectivity index (χ3n) is 5.48. The van der Waals surface area contributed by atoms with Gasteiger partial charge < -0.3 is 14.4 Å². The van der Waals surface area contributed by atoms with Crippen LogP contribution < -0.4 is 4.90 Å². The molecule has 3 heterocycles. The van der Waals surface area contributed by atoms with Gasteiger partial charge in [-0.3, -0.25) is 14.5 Å². The molecule has 0 unspecified atom stereocenters. The van der Waals surface area contributed by atoms with E-state index < -0.39 is 11.8 Å². The number of fused-ring (bicyclic) bond motifs is 1. The third kappa shape index (κ3) is 2.83. The summed E-state index contributed by atoms with van der Waals surface area (Å²) >= 11 is 0. The zero-order chi connectivity index (χ0) is 17.4. The molecule has 3 aliphatic heterocycles. The molecule has 1 atom stereocenters. The lowest BCUT2D eigenvalue weighted by Gasteiger charge is -2.39. The van der Waals surface area contributed by atoms with Crippen molar-refractivity contribution in [2.45, 2.75) is 44.4 Å². The van der Waals surface area contributed by atoms with Gasteiger partial charge in [0, 0.05) is 44.5 Å². The lowest BCUT2D eigenvalue weighted by Crippen LogP contribution is -2.54. The Labute approximate surface area is 147 Å². The number of piperidine rings is 1. The summed E-state index contributed by atoms with van der Waals surface area (Å²) in [5.74, 6) is -0.459. The summed E-state index contributed by atoms with van der Waals surface area (Å²) in [5, 5.41) is 0. The quantitative estimate of drug-likeness (QED) is 0.820. The highest BCUT2D eigenvalue weighted by atomic mass is 16.7. The number of rotatable bonds is 2. The number of likely N-dealkylation sites (tertiary alicyclic amines) is 1. The van der Waals surface area contributed by atoms with Gasteiger partial charge in [0.25, 0.3) is 0 Å². The number of hydrogen-bond acceptors (Lipinski definition) is 4. The number of carbonyl (C=O) groups excluding carboxylic acids is 2. The van der Waals surface area contributed by atoms with Crippen LogP contribution in [-0.2, 0) is 25.5 Å². The Kier molecular flexibility index (Phi) is 4.25. The van der Waals surface area contributed by atoms with E-state index in [9.17, 15) is 9.59 Å². The summed E-state index contributed by atoms with van der Waals surface area (Å²) in [4.78, 5) is 29.2. The first-order chi connectivity index (χ1) is 12.1.